The molecule has 0 heterocycles. The van der Waals surface area contributed by atoms with Crippen molar-refractivity contribution >= 4 is 11.6 Å². The fraction of sp³-hybridized carbons (Fsp3) is 0.500. The van der Waals surface area contributed by atoms with Crippen LogP contribution in [0.15, 0.2) is 24.3 Å². The van der Waals surface area contributed by atoms with Gasteiger partial charge in [-0.05, 0) is 37.5 Å². The van der Waals surface area contributed by atoms with Gasteiger partial charge in [-0.2, -0.15) is 0 Å². The third-order valence-corrected chi connectivity index (χ3v) is 2.99. The Hall–Kier alpha value is -0.730. The number of ether oxygens (including phenoxy) is 1. The molecule has 0 spiro atoms. The van der Waals surface area contributed by atoms with Gasteiger partial charge in [0.2, 0.25) is 0 Å². The van der Waals surface area contributed by atoms with Crippen LogP contribution in [0, 0.1) is 0 Å². The van der Waals surface area contributed by atoms with Gasteiger partial charge in [-0.1, -0.05) is 24.1 Å². The molecular formula is C12H15ClO2. The van der Waals surface area contributed by atoms with Crippen LogP contribution >= 0.6 is 11.6 Å². The Bertz CT molecular complexity index is 327. The van der Waals surface area contributed by atoms with Crippen molar-refractivity contribution in [2.24, 2.45) is 0 Å². The molecule has 1 aromatic rings. The molecule has 2 rings (SSSR count). The summed E-state index contributed by atoms with van der Waals surface area (Å²) < 4.78 is 5.71. The molecule has 0 amide bonds. The van der Waals surface area contributed by atoms with Crippen molar-refractivity contribution in [2.75, 3.05) is 0 Å². The molecule has 1 aliphatic carbocycles. The van der Waals surface area contributed by atoms with Gasteiger partial charge in [0.1, 0.15) is 11.9 Å². The van der Waals surface area contributed by atoms with Gasteiger partial charge in [0.15, 0.2) is 0 Å². The Balaban J connectivity index is 2.01. The molecule has 2 atom stereocenters. The zero-order valence-corrected chi connectivity index (χ0v) is 9.28. The van der Waals surface area contributed by atoms with Crippen LogP contribution < -0.4 is 4.74 Å². The highest BCUT2D eigenvalue weighted by molar-refractivity contribution is 6.30. The SMILES string of the molecule is O[C@@H]1CCCC[C@H]1Oc1cccc(Cl)c1. The summed E-state index contributed by atoms with van der Waals surface area (Å²) in [6.07, 6.45) is 3.58. The van der Waals surface area contributed by atoms with Crippen molar-refractivity contribution in [3.05, 3.63) is 29.3 Å². The number of hydrogen-bond donors (Lipinski definition) is 1. The van der Waals surface area contributed by atoms with E-state index in [1.165, 1.54) is 0 Å². The molecule has 0 aliphatic heterocycles. The molecule has 0 aromatic heterocycles. The Morgan fingerprint density at radius 1 is 1.27 bits per heavy atom. The highest BCUT2D eigenvalue weighted by atomic mass is 35.5. The lowest BCUT2D eigenvalue weighted by Gasteiger charge is -2.28. The van der Waals surface area contributed by atoms with Crippen LogP contribution in [0.5, 0.6) is 5.75 Å². The lowest BCUT2D eigenvalue weighted by Crippen LogP contribution is -2.34. The summed E-state index contributed by atoms with van der Waals surface area (Å²) in [5, 5.41) is 10.4. The zero-order valence-electron chi connectivity index (χ0n) is 8.53. The van der Waals surface area contributed by atoms with E-state index in [4.69, 9.17) is 16.3 Å². The average Bonchev–Trinajstić information content (AvgIpc) is 2.22. The first-order chi connectivity index (χ1) is 7.25. The normalized spacial score (nSPS) is 26.3. The topological polar surface area (TPSA) is 29.5 Å². The van der Waals surface area contributed by atoms with Crippen LogP contribution in [0.1, 0.15) is 25.7 Å². The molecule has 0 bridgehead atoms. The van der Waals surface area contributed by atoms with Crippen LogP contribution in [0.4, 0.5) is 0 Å². The Kier molecular flexibility index (Phi) is 3.49. The smallest absolute Gasteiger partial charge is 0.124 e. The van der Waals surface area contributed by atoms with E-state index in [2.05, 4.69) is 0 Å². The van der Waals surface area contributed by atoms with Crippen molar-refractivity contribution in [1.82, 2.24) is 0 Å². The number of rotatable bonds is 2. The molecule has 0 saturated heterocycles. The average molecular weight is 227 g/mol. The van der Waals surface area contributed by atoms with E-state index in [1.54, 1.807) is 6.07 Å². The third kappa shape index (κ3) is 2.86. The quantitative estimate of drug-likeness (QED) is 0.840. The molecule has 0 unspecified atom stereocenters. The van der Waals surface area contributed by atoms with Crippen molar-refractivity contribution in [1.29, 1.82) is 0 Å². The largest absolute Gasteiger partial charge is 0.488 e. The minimum atomic E-state index is -0.335. The molecule has 1 fully saturated rings. The molecule has 1 aliphatic rings. The minimum Gasteiger partial charge on any atom is -0.488 e. The van der Waals surface area contributed by atoms with Crippen LogP contribution in [-0.4, -0.2) is 17.3 Å². The lowest BCUT2D eigenvalue weighted by atomic mass is 9.95. The van der Waals surface area contributed by atoms with Crippen LogP contribution in [-0.2, 0) is 0 Å². The first-order valence-electron chi connectivity index (χ1n) is 5.36. The molecule has 1 N–H and O–H groups in total. The van der Waals surface area contributed by atoms with Gasteiger partial charge in [-0.15, -0.1) is 0 Å². The predicted octanol–water partition coefficient (Wildman–Crippen LogP) is 3.02. The summed E-state index contributed by atoms with van der Waals surface area (Å²) >= 11 is 5.86. The molecular weight excluding hydrogens is 212 g/mol. The zero-order chi connectivity index (χ0) is 10.7. The first kappa shape index (κ1) is 10.8. The van der Waals surface area contributed by atoms with Crippen LogP contribution in [0.25, 0.3) is 0 Å². The van der Waals surface area contributed by atoms with Gasteiger partial charge in [0.05, 0.1) is 6.10 Å². The second-order valence-electron chi connectivity index (χ2n) is 3.97. The number of aliphatic hydroxyl groups excluding tert-OH is 1. The maximum atomic E-state index is 9.74. The fourth-order valence-electron chi connectivity index (χ4n) is 1.93. The van der Waals surface area contributed by atoms with Crippen LogP contribution in [0.3, 0.4) is 0 Å². The van der Waals surface area contributed by atoms with Gasteiger partial charge in [-0.3, -0.25) is 0 Å². The van der Waals surface area contributed by atoms with E-state index in [9.17, 15) is 5.11 Å². The second-order valence-corrected chi connectivity index (χ2v) is 4.40. The number of halogens is 1. The number of aliphatic hydroxyl groups is 1. The lowest BCUT2D eigenvalue weighted by molar-refractivity contribution is 0.00688. The summed E-state index contributed by atoms with van der Waals surface area (Å²) in [4.78, 5) is 0. The van der Waals surface area contributed by atoms with Crippen molar-refractivity contribution in [2.45, 2.75) is 37.9 Å². The van der Waals surface area contributed by atoms with Gasteiger partial charge in [0, 0.05) is 5.02 Å². The summed E-state index contributed by atoms with van der Waals surface area (Å²) in [5.74, 6) is 0.744. The summed E-state index contributed by atoms with van der Waals surface area (Å²) in [5.41, 5.74) is 0. The standard InChI is InChI=1S/C12H15ClO2/c13-9-4-3-5-10(8-9)15-12-7-2-1-6-11(12)14/h3-5,8,11-12,14H,1-2,6-7H2/t11-,12-/m1/s1. The Morgan fingerprint density at radius 3 is 2.80 bits per heavy atom. The molecule has 15 heavy (non-hydrogen) atoms. The van der Waals surface area contributed by atoms with E-state index in [0.29, 0.717) is 5.02 Å². The maximum absolute atomic E-state index is 9.74. The minimum absolute atomic E-state index is 0.0720. The highest BCUT2D eigenvalue weighted by Gasteiger charge is 2.24. The monoisotopic (exact) mass is 226 g/mol. The molecule has 3 heteroatoms. The van der Waals surface area contributed by atoms with Gasteiger partial charge in [-0.25, -0.2) is 0 Å². The van der Waals surface area contributed by atoms with Crippen LogP contribution in [0.2, 0.25) is 5.02 Å². The molecule has 0 radical (unpaired) electrons. The van der Waals surface area contributed by atoms with Crippen molar-refractivity contribution in [3.63, 3.8) is 0 Å². The van der Waals surface area contributed by atoms with Gasteiger partial charge >= 0.3 is 0 Å². The molecule has 82 valence electrons. The van der Waals surface area contributed by atoms with Crippen molar-refractivity contribution < 1.29 is 9.84 Å². The van der Waals surface area contributed by atoms with E-state index >= 15 is 0 Å². The van der Waals surface area contributed by atoms with E-state index in [-0.39, 0.29) is 12.2 Å². The van der Waals surface area contributed by atoms with Gasteiger partial charge in [0.25, 0.3) is 0 Å². The number of benzene rings is 1. The molecule has 1 saturated carbocycles. The summed E-state index contributed by atoms with van der Waals surface area (Å²) in [7, 11) is 0. The molecule has 2 nitrogen and oxygen atoms in total. The number of hydrogen-bond acceptors (Lipinski definition) is 2. The van der Waals surface area contributed by atoms with E-state index in [1.807, 2.05) is 18.2 Å². The first-order valence-corrected chi connectivity index (χ1v) is 5.74. The predicted molar refractivity (Wildman–Crippen MR) is 60.3 cm³/mol. The second kappa shape index (κ2) is 4.86. The summed E-state index contributed by atoms with van der Waals surface area (Å²) in [6.45, 7) is 0. The maximum Gasteiger partial charge on any atom is 0.124 e. The van der Waals surface area contributed by atoms with Gasteiger partial charge < -0.3 is 9.84 Å². The third-order valence-electron chi connectivity index (χ3n) is 2.75. The summed E-state index contributed by atoms with van der Waals surface area (Å²) in [6, 6.07) is 7.31. The van der Waals surface area contributed by atoms with Crippen molar-refractivity contribution in [3.8, 4) is 5.75 Å². The fourth-order valence-corrected chi connectivity index (χ4v) is 2.11. The Labute approximate surface area is 94.8 Å². The Morgan fingerprint density at radius 2 is 2.07 bits per heavy atom. The van der Waals surface area contributed by atoms with E-state index in [0.717, 1.165) is 31.4 Å². The molecule has 1 aromatic carbocycles. The van der Waals surface area contributed by atoms with E-state index < -0.39 is 0 Å². The highest BCUT2D eigenvalue weighted by Crippen LogP contribution is 2.25.